The highest BCUT2D eigenvalue weighted by Crippen LogP contribution is 2.18. The van der Waals surface area contributed by atoms with E-state index in [1.54, 1.807) is 12.1 Å². The molecule has 0 spiro atoms. The van der Waals surface area contributed by atoms with E-state index in [1.807, 2.05) is 0 Å². The molecule has 1 heterocycles. The number of carbonyl (C=O) groups is 1. The Morgan fingerprint density at radius 2 is 2.18 bits per heavy atom. The molecule has 2 N–H and O–H groups in total. The van der Waals surface area contributed by atoms with Crippen molar-refractivity contribution in [1.29, 1.82) is 0 Å². The van der Waals surface area contributed by atoms with Crippen molar-refractivity contribution in [2.24, 2.45) is 0 Å². The zero-order chi connectivity index (χ0) is 12.3. The summed E-state index contributed by atoms with van der Waals surface area (Å²) in [7, 11) is 0. The van der Waals surface area contributed by atoms with Crippen molar-refractivity contribution < 1.29 is 9.90 Å². The summed E-state index contributed by atoms with van der Waals surface area (Å²) in [5, 5.41) is 13.1. The van der Waals surface area contributed by atoms with Gasteiger partial charge in [-0.1, -0.05) is 24.4 Å². The van der Waals surface area contributed by atoms with Crippen LogP contribution < -0.4 is 5.32 Å². The van der Waals surface area contributed by atoms with Crippen LogP contribution in [0.2, 0.25) is 5.02 Å². The maximum Gasteiger partial charge on any atom is 0.270 e. The first-order chi connectivity index (χ1) is 8.16. The predicted molar refractivity (Wildman–Crippen MR) is 65.0 cm³/mol. The molecule has 1 aromatic rings. The maximum absolute atomic E-state index is 11.8. The molecule has 4 nitrogen and oxygen atoms in total. The number of nitrogens with zero attached hydrogens (tertiary/aromatic N) is 1. The first-order valence-corrected chi connectivity index (χ1v) is 6.15. The van der Waals surface area contributed by atoms with E-state index >= 15 is 0 Å². The molecule has 0 saturated heterocycles. The van der Waals surface area contributed by atoms with Crippen molar-refractivity contribution >= 4 is 17.5 Å². The third-order valence-corrected chi connectivity index (χ3v) is 3.23. The monoisotopic (exact) mass is 254 g/mol. The van der Waals surface area contributed by atoms with Crippen molar-refractivity contribution in [1.82, 2.24) is 10.3 Å². The number of halogens is 1. The molecule has 2 atom stereocenters. The Kier molecular flexibility index (Phi) is 3.97. The standard InChI is InChI=1S/C12H15ClN2O2/c13-8-5-6-10(14-7-8)12(17)15-9-3-1-2-4-11(9)16/h5-7,9,11,16H,1-4H2,(H,15,17)/t9-,11-/m1/s1. The average molecular weight is 255 g/mol. The van der Waals surface area contributed by atoms with E-state index in [4.69, 9.17) is 11.6 Å². The van der Waals surface area contributed by atoms with Crippen LogP contribution in [0.3, 0.4) is 0 Å². The topological polar surface area (TPSA) is 62.2 Å². The van der Waals surface area contributed by atoms with E-state index in [2.05, 4.69) is 10.3 Å². The molecule has 1 aliphatic rings. The number of amides is 1. The van der Waals surface area contributed by atoms with Gasteiger partial charge >= 0.3 is 0 Å². The van der Waals surface area contributed by atoms with Crippen molar-refractivity contribution in [3.63, 3.8) is 0 Å². The van der Waals surface area contributed by atoms with Crippen molar-refractivity contribution in [3.05, 3.63) is 29.0 Å². The number of carbonyl (C=O) groups excluding carboxylic acids is 1. The van der Waals surface area contributed by atoms with E-state index in [-0.39, 0.29) is 11.9 Å². The van der Waals surface area contributed by atoms with Crippen LogP contribution in [0.15, 0.2) is 18.3 Å². The fourth-order valence-electron chi connectivity index (χ4n) is 2.03. The van der Waals surface area contributed by atoms with Gasteiger partial charge in [0.25, 0.3) is 5.91 Å². The van der Waals surface area contributed by atoms with E-state index in [0.717, 1.165) is 25.7 Å². The van der Waals surface area contributed by atoms with Crippen molar-refractivity contribution in [2.75, 3.05) is 0 Å². The van der Waals surface area contributed by atoms with E-state index in [0.29, 0.717) is 10.7 Å². The van der Waals surface area contributed by atoms with Crippen LogP contribution in [-0.2, 0) is 0 Å². The summed E-state index contributed by atoms with van der Waals surface area (Å²) in [5.41, 5.74) is 0.326. The van der Waals surface area contributed by atoms with Gasteiger partial charge < -0.3 is 10.4 Å². The van der Waals surface area contributed by atoms with Gasteiger partial charge in [-0.25, -0.2) is 4.98 Å². The Balaban J connectivity index is 1.98. The van der Waals surface area contributed by atoms with Crippen LogP contribution in [0, 0.1) is 0 Å². The third kappa shape index (κ3) is 3.17. The smallest absolute Gasteiger partial charge is 0.270 e. The molecule has 1 amide bonds. The van der Waals surface area contributed by atoms with Crippen LogP contribution in [0.5, 0.6) is 0 Å². The molecular formula is C12H15ClN2O2. The van der Waals surface area contributed by atoms with E-state index in [9.17, 15) is 9.90 Å². The van der Waals surface area contributed by atoms with Gasteiger partial charge in [0.05, 0.1) is 17.2 Å². The van der Waals surface area contributed by atoms with Gasteiger partial charge in [-0.05, 0) is 25.0 Å². The van der Waals surface area contributed by atoms with Crippen LogP contribution in [0.1, 0.15) is 36.2 Å². The number of aliphatic hydroxyl groups excluding tert-OH is 1. The lowest BCUT2D eigenvalue weighted by Crippen LogP contribution is -2.45. The largest absolute Gasteiger partial charge is 0.391 e. The molecule has 17 heavy (non-hydrogen) atoms. The third-order valence-electron chi connectivity index (χ3n) is 3.01. The fraction of sp³-hybridized carbons (Fsp3) is 0.500. The Hall–Kier alpha value is -1.13. The van der Waals surface area contributed by atoms with Crippen molar-refractivity contribution in [2.45, 2.75) is 37.8 Å². The van der Waals surface area contributed by atoms with E-state index in [1.165, 1.54) is 6.20 Å². The molecular weight excluding hydrogens is 240 g/mol. The summed E-state index contributed by atoms with van der Waals surface area (Å²) < 4.78 is 0. The van der Waals surface area contributed by atoms with Gasteiger partial charge in [-0.15, -0.1) is 0 Å². The number of hydrogen-bond acceptors (Lipinski definition) is 3. The van der Waals surface area contributed by atoms with Gasteiger partial charge in [-0.2, -0.15) is 0 Å². The minimum Gasteiger partial charge on any atom is -0.391 e. The van der Waals surface area contributed by atoms with Gasteiger partial charge in [-0.3, -0.25) is 4.79 Å². The summed E-state index contributed by atoms with van der Waals surface area (Å²) >= 11 is 5.70. The van der Waals surface area contributed by atoms with E-state index < -0.39 is 6.10 Å². The zero-order valence-electron chi connectivity index (χ0n) is 9.40. The molecule has 5 heteroatoms. The Labute approximate surface area is 105 Å². The Bertz CT molecular complexity index is 394. The highest BCUT2D eigenvalue weighted by Gasteiger charge is 2.25. The van der Waals surface area contributed by atoms with Crippen LogP contribution in [0.4, 0.5) is 0 Å². The molecule has 1 aromatic heterocycles. The fourth-order valence-corrected chi connectivity index (χ4v) is 2.14. The molecule has 1 aliphatic carbocycles. The second-order valence-corrected chi connectivity index (χ2v) is 4.73. The number of aliphatic hydroxyl groups is 1. The summed E-state index contributed by atoms with van der Waals surface area (Å²) in [6.45, 7) is 0. The molecule has 1 saturated carbocycles. The number of nitrogens with one attached hydrogen (secondary N) is 1. The van der Waals surface area contributed by atoms with Gasteiger partial charge in [0, 0.05) is 6.20 Å². The molecule has 2 rings (SSSR count). The molecule has 1 fully saturated rings. The first kappa shape index (κ1) is 12.3. The Morgan fingerprint density at radius 3 is 2.82 bits per heavy atom. The first-order valence-electron chi connectivity index (χ1n) is 5.77. The molecule has 0 aromatic carbocycles. The molecule has 0 radical (unpaired) electrons. The number of rotatable bonds is 2. The number of hydrogen-bond donors (Lipinski definition) is 2. The summed E-state index contributed by atoms with van der Waals surface area (Å²) in [5.74, 6) is -0.257. The molecule has 0 bridgehead atoms. The lowest BCUT2D eigenvalue weighted by atomic mass is 9.92. The lowest BCUT2D eigenvalue weighted by molar-refractivity contribution is 0.0714. The van der Waals surface area contributed by atoms with Crippen LogP contribution in [-0.4, -0.2) is 28.1 Å². The lowest BCUT2D eigenvalue weighted by Gasteiger charge is -2.28. The zero-order valence-corrected chi connectivity index (χ0v) is 10.2. The summed E-state index contributed by atoms with van der Waals surface area (Å²) in [6.07, 6.45) is 4.62. The number of pyridine rings is 1. The maximum atomic E-state index is 11.8. The molecule has 92 valence electrons. The number of aromatic nitrogens is 1. The summed E-state index contributed by atoms with van der Waals surface area (Å²) in [6, 6.07) is 3.04. The van der Waals surface area contributed by atoms with Crippen molar-refractivity contribution in [3.8, 4) is 0 Å². The minimum absolute atomic E-state index is 0.159. The van der Waals surface area contributed by atoms with Gasteiger partial charge in [0.15, 0.2) is 0 Å². The van der Waals surface area contributed by atoms with Gasteiger partial charge in [0.1, 0.15) is 5.69 Å². The van der Waals surface area contributed by atoms with Crippen LogP contribution in [0.25, 0.3) is 0 Å². The quantitative estimate of drug-likeness (QED) is 0.846. The normalized spacial score (nSPS) is 24.4. The predicted octanol–water partition coefficient (Wildman–Crippen LogP) is 1.77. The highest BCUT2D eigenvalue weighted by molar-refractivity contribution is 6.30. The highest BCUT2D eigenvalue weighted by atomic mass is 35.5. The molecule has 0 aliphatic heterocycles. The molecule has 0 unspecified atom stereocenters. The minimum atomic E-state index is -0.444. The second kappa shape index (κ2) is 5.47. The Morgan fingerprint density at radius 1 is 1.41 bits per heavy atom. The average Bonchev–Trinajstić information content (AvgIpc) is 2.33. The van der Waals surface area contributed by atoms with Crippen LogP contribution >= 0.6 is 11.6 Å². The summed E-state index contributed by atoms with van der Waals surface area (Å²) in [4.78, 5) is 15.8. The SMILES string of the molecule is O=C(N[C@@H]1CCCC[C@H]1O)c1ccc(Cl)cn1. The van der Waals surface area contributed by atoms with Gasteiger partial charge in [0.2, 0.25) is 0 Å². The second-order valence-electron chi connectivity index (χ2n) is 4.29.